The molecule has 1 aromatic heterocycles. The number of nitrogens with two attached hydrogens (primary N) is 1. The van der Waals surface area contributed by atoms with Gasteiger partial charge in [0.1, 0.15) is 23.1 Å². The second-order valence-electron chi connectivity index (χ2n) is 8.82. The first kappa shape index (κ1) is 24.3. The van der Waals surface area contributed by atoms with E-state index in [-0.39, 0.29) is 12.4 Å². The van der Waals surface area contributed by atoms with Gasteiger partial charge in [-0.05, 0) is 62.0 Å². The van der Waals surface area contributed by atoms with Crippen molar-refractivity contribution in [3.8, 4) is 22.4 Å². The van der Waals surface area contributed by atoms with Crippen LogP contribution in [0.2, 0.25) is 0 Å². The SMILES string of the molecule is CSc1c(-c2cc(N)ccc2F)c(-c2ccccc2)nn1C[C@H]1CC[C@@H](COCC(=O)O)CC1. The van der Waals surface area contributed by atoms with Gasteiger partial charge in [0.25, 0.3) is 0 Å². The van der Waals surface area contributed by atoms with E-state index < -0.39 is 5.97 Å². The summed E-state index contributed by atoms with van der Waals surface area (Å²) in [7, 11) is 0. The topological polar surface area (TPSA) is 90.4 Å². The zero-order valence-electron chi connectivity index (χ0n) is 19.2. The van der Waals surface area contributed by atoms with Crippen molar-refractivity contribution in [1.29, 1.82) is 0 Å². The van der Waals surface area contributed by atoms with Gasteiger partial charge in [0, 0.05) is 28.9 Å². The van der Waals surface area contributed by atoms with Crippen molar-refractivity contribution in [1.82, 2.24) is 9.78 Å². The number of anilines is 1. The normalized spacial score (nSPS) is 18.2. The number of benzene rings is 2. The van der Waals surface area contributed by atoms with Crippen molar-refractivity contribution in [3.05, 3.63) is 54.3 Å². The molecule has 1 saturated carbocycles. The average Bonchev–Trinajstić information content (AvgIpc) is 3.20. The van der Waals surface area contributed by atoms with Crippen molar-refractivity contribution in [2.24, 2.45) is 11.8 Å². The Morgan fingerprint density at radius 2 is 1.88 bits per heavy atom. The second kappa shape index (κ2) is 11.1. The van der Waals surface area contributed by atoms with E-state index in [4.69, 9.17) is 20.7 Å². The maximum absolute atomic E-state index is 15.0. The molecule has 0 amide bonds. The molecule has 0 aliphatic heterocycles. The Labute approximate surface area is 203 Å². The second-order valence-corrected chi connectivity index (χ2v) is 9.61. The van der Waals surface area contributed by atoms with Crippen LogP contribution < -0.4 is 5.73 Å². The number of nitrogen functional groups attached to an aromatic ring is 1. The minimum absolute atomic E-state index is 0.240. The highest BCUT2D eigenvalue weighted by molar-refractivity contribution is 7.98. The Morgan fingerprint density at radius 1 is 1.18 bits per heavy atom. The molecule has 2 aromatic carbocycles. The number of carboxylic acids is 1. The highest BCUT2D eigenvalue weighted by Gasteiger charge is 2.27. The Kier molecular flexibility index (Phi) is 7.90. The number of halogens is 1. The molecule has 180 valence electrons. The van der Waals surface area contributed by atoms with E-state index in [1.807, 2.05) is 41.3 Å². The van der Waals surface area contributed by atoms with Crippen molar-refractivity contribution in [2.75, 3.05) is 25.2 Å². The van der Waals surface area contributed by atoms with Crippen LogP contribution in [0.3, 0.4) is 0 Å². The zero-order chi connectivity index (χ0) is 24.1. The number of thioether (sulfide) groups is 1. The molecule has 0 bridgehead atoms. The molecule has 1 fully saturated rings. The van der Waals surface area contributed by atoms with Crippen LogP contribution in [0.4, 0.5) is 10.1 Å². The Balaban J connectivity index is 1.60. The number of aromatic nitrogens is 2. The van der Waals surface area contributed by atoms with Gasteiger partial charge in [-0.2, -0.15) is 5.10 Å². The summed E-state index contributed by atoms with van der Waals surface area (Å²) in [5.74, 6) is -0.407. The summed E-state index contributed by atoms with van der Waals surface area (Å²) in [5.41, 5.74) is 9.47. The summed E-state index contributed by atoms with van der Waals surface area (Å²) >= 11 is 1.57. The van der Waals surface area contributed by atoms with Gasteiger partial charge in [-0.1, -0.05) is 30.3 Å². The molecule has 4 rings (SSSR count). The van der Waals surface area contributed by atoms with Crippen LogP contribution in [0, 0.1) is 17.7 Å². The molecular weight excluding hydrogens is 453 g/mol. The maximum Gasteiger partial charge on any atom is 0.329 e. The fraction of sp³-hybridized carbons (Fsp3) is 0.385. The van der Waals surface area contributed by atoms with Gasteiger partial charge < -0.3 is 15.6 Å². The summed E-state index contributed by atoms with van der Waals surface area (Å²) in [4.78, 5) is 10.7. The highest BCUT2D eigenvalue weighted by atomic mass is 32.2. The van der Waals surface area contributed by atoms with E-state index in [1.54, 1.807) is 23.9 Å². The minimum atomic E-state index is -0.932. The first-order valence-corrected chi connectivity index (χ1v) is 12.7. The van der Waals surface area contributed by atoms with E-state index in [2.05, 4.69) is 0 Å². The number of carbonyl (C=O) groups is 1. The summed E-state index contributed by atoms with van der Waals surface area (Å²) in [6, 6.07) is 14.5. The van der Waals surface area contributed by atoms with Crippen LogP contribution in [0.25, 0.3) is 22.4 Å². The van der Waals surface area contributed by atoms with Crippen molar-refractivity contribution < 1.29 is 19.0 Å². The van der Waals surface area contributed by atoms with Gasteiger partial charge in [0.15, 0.2) is 0 Å². The molecular formula is C26H30FN3O3S. The molecule has 0 saturated heterocycles. The van der Waals surface area contributed by atoms with Crippen molar-refractivity contribution in [2.45, 2.75) is 37.3 Å². The lowest BCUT2D eigenvalue weighted by Crippen LogP contribution is -2.23. The van der Waals surface area contributed by atoms with Crippen LogP contribution in [-0.4, -0.2) is 40.3 Å². The smallest absolute Gasteiger partial charge is 0.329 e. The summed E-state index contributed by atoms with van der Waals surface area (Å²) in [5, 5.41) is 14.7. The maximum atomic E-state index is 15.0. The number of ether oxygens (including phenoxy) is 1. The monoisotopic (exact) mass is 483 g/mol. The van der Waals surface area contributed by atoms with Gasteiger partial charge in [-0.15, -0.1) is 11.8 Å². The fourth-order valence-corrected chi connectivity index (χ4v) is 5.43. The lowest BCUT2D eigenvalue weighted by molar-refractivity contribution is -0.142. The molecule has 6 nitrogen and oxygen atoms in total. The van der Waals surface area contributed by atoms with E-state index in [1.165, 1.54) is 6.07 Å². The molecule has 1 heterocycles. The first-order valence-electron chi connectivity index (χ1n) is 11.5. The summed E-state index contributed by atoms with van der Waals surface area (Å²) < 4.78 is 22.3. The average molecular weight is 484 g/mol. The third-order valence-electron chi connectivity index (χ3n) is 6.38. The van der Waals surface area contributed by atoms with Gasteiger partial charge in [0.2, 0.25) is 0 Å². The molecule has 0 spiro atoms. The molecule has 34 heavy (non-hydrogen) atoms. The predicted molar refractivity (Wildman–Crippen MR) is 133 cm³/mol. The molecule has 0 atom stereocenters. The Bertz CT molecular complexity index is 1130. The minimum Gasteiger partial charge on any atom is -0.480 e. The molecule has 0 unspecified atom stereocenters. The third-order valence-corrected chi connectivity index (χ3v) is 7.18. The predicted octanol–water partition coefficient (Wildman–Crippen LogP) is 5.57. The van der Waals surface area contributed by atoms with Crippen LogP contribution in [0.5, 0.6) is 0 Å². The lowest BCUT2D eigenvalue weighted by Gasteiger charge is -2.28. The van der Waals surface area contributed by atoms with E-state index in [9.17, 15) is 9.18 Å². The van der Waals surface area contributed by atoms with Crippen molar-refractivity contribution in [3.63, 3.8) is 0 Å². The Hall–Kier alpha value is -2.84. The molecule has 3 N–H and O–H groups in total. The molecule has 1 aliphatic carbocycles. The molecule has 1 aliphatic rings. The number of hydrogen-bond donors (Lipinski definition) is 2. The summed E-state index contributed by atoms with van der Waals surface area (Å²) in [6.45, 7) is 1.01. The molecule has 8 heteroatoms. The number of aliphatic carboxylic acids is 1. The van der Waals surface area contributed by atoms with Crippen LogP contribution in [0.15, 0.2) is 53.6 Å². The van der Waals surface area contributed by atoms with E-state index in [0.29, 0.717) is 29.7 Å². The van der Waals surface area contributed by atoms with Gasteiger partial charge in [0.05, 0.1) is 6.61 Å². The Morgan fingerprint density at radius 3 is 2.56 bits per heavy atom. The van der Waals surface area contributed by atoms with E-state index in [0.717, 1.165) is 54.1 Å². The lowest BCUT2D eigenvalue weighted by atomic mass is 9.82. The standard InChI is InChI=1S/C26H30FN3O3S/c1-34-26-24(21-13-20(28)11-12-22(21)27)25(19-5-3-2-4-6-19)29-30(26)14-17-7-9-18(10-8-17)15-33-16-23(31)32/h2-6,11-13,17-18H,7-10,14-16,28H2,1H3,(H,31,32)/t17-,18+. The van der Waals surface area contributed by atoms with Gasteiger partial charge in [-0.3, -0.25) is 4.68 Å². The van der Waals surface area contributed by atoms with E-state index >= 15 is 0 Å². The highest BCUT2D eigenvalue weighted by Crippen LogP contribution is 2.41. The fourth-order valence-electron chi connectivity index (χ4n) is 4.69. The number of nitrogens with zero attached hydrogens (tertiary/aromatic N) is 2. The number of hydrogen-bond acceptors (Lipinski definition) is 5. The van der Waals surface area contributed by atoms with Crippen molar-refractivity contribution >= 4 is 23.4 Å². The molecule has 3 aromatic rings. The summed E-state index contributed by atoms with van der Waals surface area (Å²) in [6.07, 6.45) is 6.05. The quantitative estimate of drug-likeness (QED) is 0.306. The molecule has 0 radical (unpaired) electrons. The zero-order valence-corrected chi connectivity index (χ0v) is 20.1. The third kappa shape index (κ3) is 5.62. The van der Waals surface area contributed by atoms with Crippen LogP contribution in [0.1, 0.15) is 25.7 Å². The largest absolute Gasteiger partial charge is 0.480 e. The van der Waals surface area contributed by atoms with Gasteiger partial charge >= 0.3 is 5.97 Å². The van der Waals surface area contributed by atoms with Gasteiger partial charge in [-0.25, -0.2) is 9.18 Å². The van der Waals surface area contributed by atoms with Crippen LogP contribution >= 0.6 is 11.8 Å². The first-order chi connectivity index (χ1) is 16.5. The number of rotatable bonds is 9. The number of carboxylic acid groups (broad SMARTS) is 1. The van der Waals surface area contributed by atoms with Crippen LogP contribution in [-0.2, 0) is 16.1 Å².